The third-order valence-corrected chi connectivity index (χ3v) is 4.66. The number of carboxylic acids is 2. The van der Waals surface area contributed by atoms with E-state index in [0.29, 0.717) is 5.56 Å². The highest BCUT2D eigenvalue weighted by atomic mass is 16.4. The van der Waals surface area contributed by atoms with E-state index in [9.17, 15) is 33.9 Å². The van der Waals surface area contributed by atoms with Gasteiger partial charge in [0.05, 0.1) is 12.5 Å². The van der Waals surface area contributed by atoms with Gasteiger partial charge in [-0.1, -0.05) is 12.1 Å². The zero-order valence-corrected chi connectivity index (χ0v) is 19.1. The molecule has 0 aliphatic heterocycles. The summed E-state index contributed by atoms with van der Waals surface area (Å²) in [5, 5.41) is 36.0. The van der Waals surface area contributed by atoms with Crippen LogP contribution in [-0.2, 0) is 35.2 Å². The zero-order valence-electron chi connectivity index (χ0n) is 19.1. The largest absolute Gasteiger partial charge is 0.508 e. The summed E-state index contributed by atoms with van der Waals surface area (Å²) in [6.45, 7) is 2.01. The smallest absolute Gasteiger partial charge is 0.322 e. The Morgan fingerprint density at radius 1 is 0.800 bits per heavy atom. The number of hydrogen-bond donors (Lipinski definition) is 8. The zero-order chi connectivity index (χ0) is 26.7. The predicted molar refractivity (Wildman–Crippen MR) is 120 cm³/mol. The van der Waals surface area contributed by atoms with Crippen molar-refractivity contribution >= 4 is 35.6 Å². The molecule has 1 rings (SSSR count). The van der Waals surface area contributed by atoms with Gasteiger partial charge in [0, 0.05) is 6.42 Å². The van der Waals surface area contributed by atoms with E-state index in [0.717, 1.165) is 0 Å². The van der Waals surface area contributed by atoms with E-state index in [1.165, 1.54) is 38.1 Å². The van der Waals surface area contributed by atoms with Crippen molar-refractivity contribution in [3.63, 3.8) is 0 Å². The highest BCUT2D eigenvalue weighted by Gasteiger charge is 2.28. The maximum absolute atomic E-state index is 12.8. The quantitative estimate of drug-likeness (QED) is 0.142. The minimum Gasteiger partial charge on any atom is -0.508 e. The van der Waals surface area contributed by atoms with Crippen LogP contribution in [0.2, 0.25) is 0 Å². The molecule has 0 spiro atoms. The normalized spacial score (nSPS) is 13.9. The molecule has 14 heteroatoms. The van der Waals surface area contributed by atoms with Crippen LogP contribution in [0.1, 0.15) is 25.8 Å². The lowest BCUT2D eigenvalue weighted by atomic mass is 10.0. The number of benzene rings is 1. The molecular weight excluding hydrogens is 466 g/mol. The first-order valence-corrected chi connectivity index (χ1v) is 10.5. The van der Waals surface area contributed by atoms with E-state index < -0.39 is 72.7 Å². The number of nitrogens with one attached hydrogen (secondary N) is 4. The fourth-order valence-electron chi connectivity index (χ4n) is 2.74. The Kier molecular flexibility index (Phi) is 11.1. The first kappa shape index (κ1) is 28.8. The second-order valence-electron chi connectivity index (χ2n) is 7.71. The van der Waals surface area contributed by atoms with Gasteiger partial charge in [-0.25, -0.2) is 0 Å². The highest BCUT2D eigenvalue weighted by Crippen LogP contribution is 2.12. The summed E-state index contributed by atoms with van der Waals surface area (Å²) < 4.78 is 0. The molecule has 1 aromatic carbocycles. The van der Waals surface area contributed by atoms with Gasteiger partial charge in [-0.05, 0) is 31.5 Å². The van der Waals surface area contributed by atoms with Crippen LogP contribution in [0.3, 0.4) is 0 Å². The molecule has 0 aliphatic carbocycles. The number of hydrogen-bond acceptors (Lipinski definition) is 8. The van der Waals surface area contributed by atoms with Crippen LogP contribution >= 0.6 is 0 Å². The molecule has 0 radical (unpaired) electrons. The van der Waals surface area contributed by atoms with Crippen LogP contribution in [0.5, 0.6) is 5.75 Å². The fourth-order valence-corrected chi connectivity index (χ4v) is 2.74. The Bertz CT molecular complexity index is 951. The van der Waals surface area contributed by atoms with Crippen LogP contribution in [0.15, 0.2) is 24.3 Å². The number of nitrogens with two attached hydrogens (primary N) is 1. The van der Waals surface area contributed by atoms with Gasteiger partial charge in [0.2, 0.25) is 23.6 Å². The van der Waals surface area contributed by atoms with Crippen molar-refractivity contribution in [1.29, 1.82) is 0 Å². The van der Waals surface area contributed by atoms with Crippen molar-refractivity contribution in [2.45, 2.75) is 50.9 Å². The molecule has 14 nitrogen and oxygen atoms in total. The lowest BCUT2D eigenvalue weighted by Crippen LogP contribution is -2.57. The molecule has 9 N–H and O–H groups in total. The maximum atomic E-state index is 12.8. The summed E-state index contributed by atoms with van der Waals surface area (Å²) in [4.78, 5) is 70.7. The molecule has 0 unspecified atom stereocenters. The van der Waals surface area contributed by atoms with Crippen LogP contribution in [0, 0.1) is 0 Å². The summed E-state index contributed by atoms with van der Waals surface area (Å²) in [6.07, 6.45) is -0.736. The van der Waals surface area contributed by atoms with Crippen molar-refractivity contribution in [2.24, 2.45) is 5.73 Å². The van der Waals surface area contributed by atoms with Crippen molar-refractivity contribution in [3.8, 4) is 5.75 Å². The summed E-state index contributed by atoms with van der Waals surface area (Å²) in [6, 6.07) is 0.822. The molecule has 1 aromatic rings. The number of rotatable bonds is 13. The Morgan fingerprint density at radius 3 is 1.89 bits per heavy atom. The van der Waals surface area contributed by atoms with Crippen LogP contribution in [0.4, 0.5) is 0 Å². The van der Waals surface area contributed by atoms with E-state index in [4.69, 9.17) is 15.9 Å². The van der Waals surface area contributed by atoms with Crippen molar-refractivity contribution in [2.75, 3.05) is 6.54 Å². The summed E-state index contributed by atoms with van der Waals surface area (Å²) in [5.74, 6) is -5.78. The molecule has 0 saturated heterocycles. The number of phenolic OH excluding ortho intramolecular Hbond substituents is 1. The van der Waals surface area contributed by atoms with Crippen molar-refractivity contribution < 1.29 is 44.1 Å². The standard InChI is InChI=1S/C21H29N5O9/c1-10(18(32)23-9-17(30)31)24-19(33)11(2)25-21(35)15(7-12-3-5-13(27)6-4-12)26-20(34)14(22)8-16(28)29/h3-6,10-11,14-15,27H,7-9,22H2,1-2H3,(H,23,32)(H,24,33)(H,25,35)(H,26,34)(H,28,29)(H,30,31)/t10-,11-,14-,15-/m0/s1. The molecule has 35 heavy (non-hydrogen) atoms. The van der Waals surface area contributed by atoms with Crippen LogP contribution in [0.25, 0.3) is 0 Å². The lowest BCUT2D eigenvalue weighted by Gasteiger charge is -2.23. The minimum atomic E-state index is -1.42. The van der Waals surface area contributed by atoms with Gasteiger partial charge in [-0.2, -0.15) is 0 Å². The third-order valence-electron chi connectivity index (χ3n) is 4.66. The third kappa shape index (κ3) is 10.5. The average molecular weight is 495 g/mol. The molecule has 0 fully saturated rings. The molecule has 0 bridgehead atoms. The Hall–Kier alpha value is -4.20. The van der Waals surface area contributed by atoms with Gasteiger partial charge in [0.15, 0.2) is 0 Å². The van der Waals surface area contributed by atoms with Crippen LogP contribution < -0.4 is 27.0 Å². The molecule has 0 saturated carbocycles. The second kappa shape index (κ2) is 13.5. The number of amides is 4. The van der Waals surface area contributed by atoms with E-state index in [1.807, 2.05) is 0 Å². The van der Waals surface area contributed by atoms with Gasteiger partial charge in [-0.15, -0.1) is 0 Å². The first-order chi connectivity index (χ1) is 16.3. The monoisotopic (exact) mass is 495 g/mol. The molecular formula is C21H29N5O9. The van der Waals surface area contributed by atoms with Crippen LogP contribution in [-0.4, -0.2) is 81.6 Å². The van der Waals surface area contributed by atoms with Crippen molar-refractivity contribution in [1.82, 2.24) is 21.3 Å². The van der Waals surface area contributed by atoms with Gasteiger partial charge in [0.25, 0.3) is 0 Å². The topological polar surface area (TPSA) is 237 Å². The number of carbonyl (C=O) groups is 6. The Morgan fingerprint density at radius 2 is 1.34 bits per heavy atom. The number of phenols is 1. The molecule has 0 heterocycles. The molecule has 4 amide bonds. The Balaban J connectivity index is 2.86. The Labute approximate surface area is 200 Å². The summed E-state index contributed by atoms with van der Waals surface area (Å²) in [7, 11) is 0. The second-order valence-corrected chi connectivity index (χ2v) is 7.71. The fraction of sp³-hybridized carbons (Fsp3) is 0.429. The van der Waals surface area contributed by atoms with Gasteiger partial charge >= 0.3 is 11.9 Å². The SMILES string of the molecule is C[C@H](NC(=O)[C@H](C)NC(=O)[C@H](Cc1ccc(O)cc1)NC(=O)[C@@H](N)CC(=O)O)C(=O)NCC(=O)O. The number of carbonyl (C=O) groups excluding carboxylic acids is 4. The maximum Gasteiger partial charge on any atom is 0.322 e. The van der Waals surface area contributed by atoms with Gasteiger partial charge in [-0.3, -0.25) is 28.8 Å². The summed E-state index contributed by atoms with van der Waals surface area (Å²) in [5.41, 5.74) is 6.10. The first-order valence-electron chi connectivity index (χ1n) is 10.5. The van der Waals surface area contributed by atoms with Crippen molar-refractivity contribution in [3.05, 3.63) is 29.8 Å². The molecule has 0 aromatic heterocycles. The van der Waals surface area contributed by atoms with Gasteiger partial charge in [0.1, 0.15) is 30.4 Å². The highest BCUT2D eigenvalue weighted by molar-refractivity contribution is 5.95. The van der Waals surface area contributed by atoms with Gasteiger partial charge < -0.3 is 42.3 Å². The molecule has 4 atom stereocenters. The number of aliphatic carboxylic acids is 2. The van der Waals surface area contributed by atoms with E-state index in [1.54, 1.807) is 0 Å². The molecule has 192 valence electrons. The lowest BCUT2D eigenvalue weighted by molar-refractivity contribution is -0.140. The minimum absolute atomic E-state index is 0.0194. The number of aromatic hydroxyl groups is 1. The van der Waals surface area contributed by atoms with E-state index >= 15 is 0 Å². The van der Waals surface area contributed by atoms with E-state index in [2.05, 4.69) is 21.3 Å². The van der Waals surface area contributed by atoms with E-state index in [-0.39, 0.29) is 12.2 Å². The average Bonchev–Trinajstić information content (AvgIpc) is 2.77. The predicted octanol–water partition coefficient (Wildman–Crippen LogP) is -2.57. The summed E-state index contributed by atoms with van der Waals surface area (Å²) >= 11 is 0. The molecule has 0 aliphatic rings. The number of carboxylic acid groups (broad SMARTS) is 2.